The first-order valence-electron chi connectivity index (χ1n) is 5.67. The molecule has 0 amide bonds. The summed E-state index contributed by atoms with van der Waals surface area (Å²) >= 11 is 0. The third kappa shape index (κ3) is 3.16. The summed E-state index contributed by atoms with van der Waals surface area (Å²) in [4.78, 5) is 10.7. The van der Waals surface area contributed by atoms with Crippen molar-refractivity contribution in [3.63, 3.8) is 0 Å². The Balaban J connectivity index is 2.22. The van der Waals surface area contributed by atoms with Crippen molar-refractivity contribution in [1.29, 1.82) is 0 Å². The lowest BCUT2D eigenvalue weighted by molar-refractivity contribution is 0.0697. The number of nitrogens with zero attached hydrogens (tertiary/aromatic N) is 2. The highest BCUT2D eigenvalue weighted by atomic mass is 16.4. The summed E-state index contributed by atoms with van der Waals surface area (Å²) in [6, 6.07) is 11.6. The summed E-state index contributed by atoms with van der Waals surface area (Å²) in [5.74, 6) is -0.963. The molecule has 96 valence electrons. The molecule has 5 nitrogen and oxygen atoms in total. The first kappa shape index (κ1) is 12.8. The number of benzene rings is 2. The normalized spacial score (nSPS) is 10.8. The number of anilines is 1. The Morgan fingerprint density at radius 1 is 1.11 bits per heavy atom. The van der Waals surface area contributed by atoms with E-state index in [0.29, 0.717) is 17.1 Å². The van der Waals surface area contributed by atoms with Gasteiger partial charge in [-0.1, -0.05) is 6.07 Å². The van der Waals surface area contributed by atoms with E-state index in [1.165, 1.54) is 12.1 Å². The highest BCUT2D eigenvalue weighted by Gasteiger charge is 2.01. The van der Waals surface area contributed by atoms with Crippen molar-refractivity contribution in [3.8, 4) is 0 Å². The molecule has 3 N–H and O–H groups in total. The summed E-state index contributed by atoms with van der Waals surface area (Å²) in [6.07, 6.45) is 0. The maximum atomic E-state index is 10.7. The SMILES string of the molecule is Cc1ccc(N)cc1N=Nc1ccc(C(=O)O)cc1. The number of hydrogen-bond acceptors (Lipinski definition) is 4. The van der Waals surface area contributed by atoms with Crippen LogP contribution >= 0.6 is 0 Å². The van der Waals surface area contributed by atoms with Crippen molar-refractivity contribution in [2.75, 3.05) is 5.73 Å². The zero-order chi connectivity index (χ0) is 13.8. The van der Waals surface area contributed by atoms with E-state index in [9.17, 15) is 4.79 Å². The standard InChI is InChI=1S/C14H13N3O2/c1-9-2-5-11(15)8-13(9)17-16-12-6-3-10(4-7-12)14(18)19/h2-8H,15H2,1H3,(H,18,19). The van der Waals surface area contributed by atoms with Gasteiger partial charge in [0.15, 0.2) is 0 Å². The lowest BCUT2D eigenvalue weighted by atomic mass is 10.2. The van der Waals surface area contributed by atoms with E-state index in [0.717, 1.165) is 5.56 Å². The molecular weight excluding hydrogens is 242 g/mol. The summed E-state index contributed by atoms with van der Waals surface area (Å²) < 4.78 is 0. The van der Waals surface area contributed by atoms with E-state index >= 15 is 0 Å². The third-order valence-corrected chi connectivity index (χ3v) is 2.62. The second-order valence-corrected chi connectivity index (χ2v) is 4.10. The molecule has 0 fully saturated rings. The molecule has 0 atom stereocenters. The number of carboxylic acids is 1. The fourth-order valence-corrected chi connectivity index (χ4v) is 1.52. The summed E-state index contributed by atoms with van der Waals surface area (Å²) in [5.41, 5.74) is 8.79. The molecule has 0 unspecified atom stereocenters. The largest absolute Gasteiger partial charge is 0.478 e. The molecule has 2 aromatic rings. The molecule has 0 aliphatic rings. The lowest BCUT2D eigenvalue weighted by Gasteiger charge is -2.00. The van der Waals surface area contributed by atoms with Crippen LogP contribution in [0.2, 0.25) is 0 Å². The van der Waals surface area contributed by atoms with Crippen LogP contribution in [0, 0.1) is 6.92 Å². The van der Waals surface area contributed by atoms with Crippen molar-refractivity contribution in [1.82, 2.24) is 0 Å². The third-order valence-electron chi connectivity index (χ3n) is 2.62. The molecule has 0 saturated heterocycles. The number of azo groups is 1. The minimum absolute atomic E-state index is 0.221. The van der Waals surface area contributed by atoms with Crippen molar-refractivity contribution >= 4 is 23.0 Å². The lowest BCUT2D eigenvalue weighted by Crippen LogP contribution is -1.93. The van der Waals surface area contributed by atoms with Crippen LogP contribution in [-0.2, 0) is 0 Å². The molecule has 0 spiro atoms. The molecule has 0 aromatic heterocycles. The number of aromatic carboxylic acids is 1. The molecular formula is C14H13N3O2. The molecule has 0 aliphatic heterocycles. The van der Waals surface area contributed by atoms with Gasteiger partial charge in [-0.25, -0.2) is 4.79 Å². The molecule has 2 aromatic carbocycles. The zero-order valence-corrected chi connectivity index (χ0v) is 10.4. The van der Waals surface area contributed by atoms with E-state index in [-0.39, 0.29) is 5.56 Å². The van der Waals surface area contributed by atoms with Gasteiger partial charge in [0.25, 0.3) is 0 Å². The van der Waals surface area contributed by atoms with Crippen molar-refractivity contribution in [3.05, 3.63) is 53.6 Å². The van der Waals surface area contributed by atoms with E-state index in [4.69, 9.17) is 10.8 Å². The highest BCUT2D eigenvalue weighted by molar-refractivity contribution is 5.87. The van der Waals surface area contributed by atoms with Crippen molar-refractivity contribution < 1.29 is 9.90 Å². The number of nitrogen functional groups attached to an aromatic ring is 1. The van der Waals surface area contributed by atoms with Gasteiger partial charge in [-0.15, -0.1) is 0 Å². The maximum absolute atomic E-state index is 10.7. The molecule has 19 heavy (non-hydrogen) atoms. The number of nitrogens with two attached hydrogens (primary N) is 1. The first-order valence-corrected chi connectivity index (χ1v) is 5.67. The van der Waals surface area contributed by atoms with Gasteiger partial charge >= 0.3 is 5.97 Å². The van der Waals surface area contributed by atoms with Gasteiger partial charge in [-0.05, 0) is 48.9 Å². The molecule has 5 heteroatoms. The predicted octanol–water partition coefficient (Wildman–Crippen LogP) is 3.69. The van der Waals surface area contributed by atoms with Crippen LogP contribution < -0.4 is 5.73 Å². The van der Waals surface area contributed by atoms with E-state index < -0.39 is 5.97 Å². The Kier molecular flexibility index (Phi) is 3.56. The Bertz CT molecular complexity index is 634. The summed E-state index contributed by atoms with van der Waals surface area (Å²) in [6.45, 7) is 1.92. The van der Waals surface area contributed by atoms with Crippen LogP contribution in [0.15, 0.2) is 52.7 Å². The van der Waals surface area contributed by atoms with E-state index in [1.807, 2.05) is 13.0 Å². The summed E-state index contributed by atoms with van der Waals surface area (Å²) in [5, 5.41) is 16.9. The average Bonchev–Trinajstić information content (AvgIpc) is 2.40. The second kappa shape index (κ2) is 5.30. The molecule has 0 radical (unpaired) electrons. The first-order chi connectivity index (χ1) is 9.06. The van der Waals surface area contributed by atoms with Crippen LogP contribution in [0.1, 0.15) is 15.9 Å². The quantitative estimate of drug-likeness (QED) is 0.647. The maximum Gasteiger partial charge on any atom is 0.335 e. The minimum atomic E-state index is -0.963. The number of carbonyl (C=O) groups is 1. The highest BCUT2D eigenvalue weighted by Crippen LogP contribution is 2.24. The molecule has 0 saturated carbocycles. The number of carboxylic acid groups (broad SMARTS) is 1. The van der Waals surface area contributed by atoms with Gasteiger partial charge in [-0.2, -0.15) is 10.2 Å². The van der Waals surface area contributed by atoms with Gasteiger partial charge in [0, 0.05) is 5.69 Å². The number of rotatable bonds is 3. The monoisotopic (exact) mass is 255 g/mol. The smallest absolute Gasteiger partial charge is 0.335 e. The minimum Gasteiger partial charge on any atom is -0.478 e. The van der Waals surface area contributed by atoms with Crippen LogP contribution in [0.5, 0.6) is 0 Å². The molecule has 0 heterocycles. The fourth-order valence-electron chi connectivity index (χ4n) is 1.52. The van der Waals surface area contributed by atoms with E-state index in [1.54, 1.807) is 24.3 Å². The van der Waals surface area contributed by atoms with Crippen molar-refractivity contribution in [2.24, 2.45) is 10.2 Å². The Hall–Kier alpha value is -2.69. The molecule has 2 rings (SSSR count). The van der Waals surface area contributed by atoms with Gasteiger partial charge in [0.1, 0.15) is 0 Å². The van der Waals surface area contributed by atoms with E-state index in [2.05, 4.69) is 10.2 Å². The number of hydrogen-bond donors (Lipinski definition) is 2. The Labute approximate surface area is 110 Å². The van der Waals surface area contributed by atoms with Gasteiger partial charge < -0.3 is 10.8 Å². The fraction of sp³-hybridized carbons (Fsp3) is 0.0714. The number of aryl methyl sites for hydroxylation is 1. The average molecular weight is 255 g/mol. The Morgan fingerprint density at radius 3 is 2.42 bits per heavy atom. The van der Waals surface area contributed by atoms with Crippen LogP contribution in [0.3, 0.4) is 0 Å². The van der Waals surface area contributed by atoms with Gasteiger partial charge in [0.2, 0.25) is 0 Å². The van der Waals surface area contributed by atoms with Gasteiger partial charge in [0.05, 0.1) is 16.9 Å². The topological polar surface area (TPSA) is 88.0 Å². The molecule has 0 bridgehead atoms. The molecule has 0 aliphatic carbocycles. The van der Waals surface area contributed by atoms with Crippen LogP contribution in [-0.4, -0.2) is 11.1 Å². The summed E-state index contributed by atoms with van der Waals surface area (Å²) in [7, 11) is 0. The zero-order valence-electron chi connectivity index (χ0n) is 10.4. The second-order valence-electron chi connectivity index (χ2n) is 4.10. The van der Waals surface area contributed by atoms with Crippen LogP contribution in [0.4, 0.5) is 17.1 Å². The van der Waals surface area contributed by atoms with Gasteiger partial charge in [-0.3, -0.25) is 0 Å². The van der Waals surface area contributed by atoms with Crippen molar-refractivity contribution in [2.45, 2.75) is 6.92 Å². The van der Waals surface area contributed by atoms with Crippen LogP contribution in [0.25, 0.3) is 0 Å². The Morgan fingerprint density at radius 2 is 1.79 bits per heavy atom. The predicted molar refractivity (Wildman–Crippen MR) is 73.2 cm³/mol.